The molecule has 1 aromatic carbocycles. The third-order valence-electron chi connectivity index (χ3n) is 3.88. The number of halogens is 1. The van der Waals surface area contributed by atoms with Crippen molar-refractivity contribution in [3.05, 3.63) is 28.8 Å². The van der Waals surface area contributed by atoms with Crippen LogP contribution in [0.2, 0.25) is 5.02 Å². The van der Waals surface area contributed by atoms with Crippen molar-refractivity contribution in [1.29, 1.82) is 0 Å². The third kappa shape index (κ3) is 5.11. The molecule has 2 rings (SSSR count). The fraction of sp³-hybridized carbons (Fsp3) is 0.500. The lowest BCUT2D eigenvalue weighted by atomic mass is 10.2. The molecule has 1 saturated heterocycles. The summed E-state index contributed by atoms with van der Waals surface area (Å²) in [6, 6.07) is 5.43. The van der Waals surface area contributed by atoms with Crippen LogP contribution in [0.25, 0.3) is 0 Å². The van der Waals surface area contributed by atoms with Crippen LogP contribution in [0, 0.1) is 6.92 Å². The van der Waals surface area contributed by atoms with Crippen LogP contribution in [0.15, 0.2) is 18.2 Å². The van der Waals surface area contributed by atoms with Crippen molar-refractivity contribution in [3.8, 4) is 0 Å². The molecule has 1 heterocycles. The molecule has 7 heteroatoms. The number of benzene rings is 1. The fourth-order valence-corrected chi connectivity index (χ4v) is 2.72. The lowest BCUT2D eigenvalue weighted by Crippen LogP contribution is -3.15. The SMILES string of the molecule is CCOC(=O)N1CC[NH+](CC(=O)Nc2cc(Cl)ccc2C)CC1. The highest BCUT2D eigenvalue weighted by atomic mass is 35.5. The summed E-state index contributed by atoms with van der Waals surface area (Å²) in [4.78, 5) is 26.7. The molecule has 0 bridgehead atoms. The molecule has 0 aliphatic carbocycles. The molecule has 2 N–H and O–H groups in total. The van der Waals surface area contributed by atoms with Crippen molar-refractivity contribution in [3.63, 3.8) is 0 Å². The van der Waals surface area contributed by atoms with E-state index in [1.165, 1.54) is 0 Å². The lowest BCUT2D eigenvalue weighted by Gasteiger charge is -2.31. The summed E-state index contributed by atoms with van der Waals surface area (Å²) in [7, 11) is 0. The van der Waals surface area contributed by atoms with Crippen LogP contribution in [0.5, 0.6) is 0 Å². The van der Waals surface area contributed by atoms with Gasteiger partial charge in [0.15, 0.2) is 6.54 Å². The Bertz CT molecular complexity index is 572. The second-order valence-electron chi connectivity index (χ2n) is 5.62. The van der Waals surface area contributed by atoms with Crippen molar-refractivity contribution in [1.82, 2.24) is 4.90 Å². The molecule has 1 aliphatic heterocycles. The number of anilines is 1. The number of hydrogen-bond donors (Lipinski definition) is 2. The minimum Gasteiger partial charge on any atom is -0.450 e. The molecule has 1 aliphatic rings. The van der Waals surface area contributed by atoms with Gasteiger partial charge in [-0.05, 0) is 31.5 Å². The maximum absolute atomic E-state index is 12.2. The molecular formula is C16H23ClN3O3+. The lowest BCUT2D eigenvalue weighted by molar-refractivity contribution is -0.895. The van der Waals surface area contributed by atoms with E-state index in [9.17, 15) is 9.59 Å². The standard InChI is InChI=1S/C16H22ClN3O3/c1-3-23-16(22)20-8-6-19(7-9-20)11-15(21)18-14-10-13(17)5-4-12(14)2/h4-5,10H,3,6-9,11H2,1-2H3,(H,18,21)/p+1. The van der Waals surface area contributed by atoms with E-state index < -0.39 is 0 Å². The first-order chi connectivity index (χ1) is 11.0. The smallest absolute Gasteiger partial charge is 0.410 e. The molecule has 1 fully saturated rings. The number of amides is 2. The van der Waals surface area contributed by atoms with Crippen LogP contribution in [0.3, 0.4) is 0 Å². The molecule has 126 valence electrons. The van der Waals surface area contributed by atoms with E-state index >= 15 is 0 Å². The van der Waals surface area contributed by atoms with Crippen molar-refractivity contribution < 1.29 is 19.2 Å². The Morgan fingerprint density at radius 3 is 2.70 bits per heavy atom. The van der Waals surface area contributed by atoms with Gasteiger partial charge in [-0.2, -0.15) is 0 Å². The highest BCUT2D eigenvalue weighted by molar-refractivity contribution is 6.31. The summed E-state index contributed by atoms with van der Waals surface area (Å²) in [5, 5.41) is 3.50. The van der Waals surface area contributed by atoms with Crippen molar-refractivity contribution in [2.24, 2.45) is 0 Å². The predicted molar refractivity (Wildman–Crippen MR) is 89.0 cm³/mol. The second-order valence-corrected chi connectivity index (χ2v) is 6.06. The molecule has 23 heavy (non-hydrogen) atoms. The average Bonchev–Trinajstić information content (AvgIpc) is 2.52. The van der Waals surface area contributed by atoms with Crippen LogP contribution in [0.1, 0.15) is 12.5 Å². The predicted octanol–water partition coefficient (Wildman–Crippen LogP) is 0.944. The van der Waals surface area contributed by atoms with Gasteiger partial charge < -0.3 is 15.0 Å². The Morgan fingerprint density at radius 1 is 1.35 bits per heavy atom. The quantitative estimate of drug-likeness (QED) is 0.857. The van der Waals surface area contributed by atoms with Gasteiger partial charge >= 0.3 is 6.09 Å². The summed E-state index contributed by atoms with van der Waals surface area (Å²) in [6.07, 6.45) is -0.273. The number of carbonyl (C=O) groups excluding carboxylic acids is 2. The summed E-state index contributed by atoms with van der Waals surface area (Å²) >= 11 is 5.96. The Morgan fingerprint density at radius 2 is 2.04 bits per heavy atom. The summed E-state index contributed by atoms with van der Waals surface area (Å²) in [6.45, 7) is 7.17. The monoisotopic (exact) mass is 340 g/mol. The molecule has 0 radical (unpaired) electrons. The number of rotatable bonds is 4. The third-order valence-corrected chi connectivity index (χ3v) is 4.12. The molecular weight excluding hydrogens is 318 g/mol. The number of aryl methyl sites for hydroxylation is 1. The van der Waals surface area contributed by atoms with Gasteiger partial charge in [-0.1, -0.05) is 17.7 Å². The molecule has 0 atom stereocenters. The van der Waals surface area contributed by atoms with E-state index in [-0.39, 0.29) is 12.0 Å². The van der Waals surface area contributed by atoms with Gasteiger partial charge in [-0.15, -0.1) is 0 Å². The van der Waals surface area contributed by atoms with E-state index in [1.807, 2.05) is 13.0 Å². The zero-order valence-electron chi connectivity index (χ0n) is 13.5. The number of carbonyl (C=O) groups is 2. The Labute approximate surface area is 141 Å². The maximum atomic E-state index is 12.2. The van der Waals surface area contributed by atoms with Crippen LogP contribution in [-0.4, -0.2) is 56.2 Å². The van der Waals surface area contributed by atoms with Crippen molar-refractivity contribution in [2.45, 2.75) is 13.8 Å². The van der Waals surface area contributed by atoms with E-state index in [4.69, 9.17) is 16.3 Å². The van der Waals surface area contributed by atoms with E-state index in [0.717, 1.165) is 29.2 Å². The number of ether oxygens (including phenoxy) is 1. The number of nitrogens with one attached hydrogen (secondary N) is 2. The first kappa shape index (κ1) is 17.6. The van der Waals surface area contributed by atoms with Crippen LogP contribution in [-0.2, 0) is 9.53 Å². The van der Waals surface area contributed by atoms with E-state index in [1.54, 1.807) is 24.0 Å². The average molecular weight is 341 g/mol. The first-order valence-corrected chi connectivity index (χ1v) is 8.18. The summed E-state index contributed by atoms with van der Waals surface area (Å²) < 4.78 is 4.99. The van der Waals surface area contributed by atoms with Gasteiger partial charge in [0.2, 0.25) is 0 Å². The molecule has 1 aromatic rings. The number of nitrogens with zero attached hydrogens (tertiary/aromatic N) is 1. The molecule has 0 unspecified atom stereocenters. The highest BCUT2D eigenvalue weighted by Gasteiger charge is 2.25. The Hall–Kier alpha value is -1.79. The number of quaternary nitrogens is 1. The van der Waals surface area contributed by atoms with Gasteiger partial charge in [0.1, 0.15) is 0 Å². The highest BCUT2D eigenvalue weighted by Crippen LogP contribution is 2.19. The first-order valence-electron chi connectivity index (χ1n) is 7.81. The zero-order valence-corrected chi connectivity index (χ0v) is 14.3. The van der Waals surface area contributed by atoms with Gasteiger partial charge in [0, 0.05) is 10.7 Å². The fourth-order valence-electron chi connectivity index (χ4n) is 2.55. The van der Waals surface area contributed by atoms with E-state index in [0.29, 0.717) is 31.3 Å². The largest absolute Gasteiger partial charge is 0.450 e. The summed E-state index contributed by atoms with van der Waals surface area (Å²) in [5.41, 5.74) is 1.72. The van der Waals surface area contributed by atoms with Gasteiger partial charge in [-0.25, -0.2) is 4.79 Å². The molecule has 0 saturated carbocycles. The minimum absolute atomic E-state index is 0.0463. The minimum atomic E-state index is -0.273. The molecule has 0 spiro atoms. The molecule has 6 nitrogen and oxygen atoms in total. The van der Waals surface area contributed by atoms with Crippen LogP contribution >= 0.6 is 11.6 Å². The normalized spacial score (nSPS) is 15.3. The van der Waals surface area contributed by atoms with E-state index in [2.05, 4.69) is 5.32 Å². The second kappa shape index (κ2) is 8.17. The van der Waals surface area contributed by atoms with Crippen LogP contribution < -0.4 is 10.2 Å². The van der Waals surface area contributed by atoms with Crippen LogP contribution in [0.4, 0.5) is 10.5 Å². The van der Waals surface area contributed by atoms with Gasteiger partial charge in [0.05, 0.1) is 32.8 Å². The molecule has 2 amide bonds. The zero-order chi connectivity index (χ0) is 16.8. The van der Waals surface area contributed by atoms with Crippen molar-refractivity contribution >= 4 is 29.3 Å². The summed E-state index contributed by atoms with van der Waals surface area (Å²) in [5.74, 6) is -0.0463. The van der Waals surface area contributed by atoms with Gasteiger partial charge in [-0.3, -0.25) is 9.69 Å². The Balaban J connectivity index is 1.81. The Kier molecular flexibility index (Phi) is 6.24. The topological polar surface area (TPSA) is 63.1 Å². The van der Waals surface area contributed by atoms with Gasteiger partial charge in [0.25, 0.3) is 5.91 Å². The number of hydrogen-bond acceptors (Lipinski definition) is 3. The van der Waals surface area contributed by atoms with Crippen molar-refractivity contribution in [2.75, 3.05) is 44.6 Å². The maximum Gasteiger partial charge on any atom is 0.410 e. The molecule has 0 aromatic heterocycles. The number of piperazine rings is 1.